The van der Waals surface area contributed by atoms with E-state index in [0.29, 0.717) is 6.04 Å². The van der Waals surface area contributed by atoms with Gasteiger partial charge in [0.15, 0.2) is 0 Å². The first-order valence-corrected chi connectivity index (χ1v) is 6.89. The molecule has 92 valence electrons. The van der Waals surface area contributed by atoms with E-state index in [9.17, 15) is 0 Å². The average Bonchev–Trinajstić information content (AvgIpc) is 2.33. The standard InChI is InChI=1S/C15H22N2/c1-16-14-9-10-17(11-12-5-4-6-12)15-8-3-2-7-13(14)15/h2-3,7-8,12,14,16H,4-6,9-11H2,1H3. The molecule has 1 fully saturated rings. The minimum atomic E-state index is 0.545. The molecule has 1 N–H and O–H groups in total. The summed E-state index contributed by atoms with van der Waals surface area (Å²) in [6.45, 7) is 2.48. The van der Waals surface area contributed by atoms with Crippen molar-refractivity contribution in [1.29, 1.82) is 0 Å². The Labute approximate surface area is 104 Å². The molecular formula is C15H22N2. The van der Waals surface area contributed by atoms with Gasteiger partial charge in [-0.15, -0.1) is 0 Å². The molecule has 1 heterocycles. The zero-order chi connectivity index (χ0) is 11.7. The van der Waals surface area contributed by atoms with Gasteiger partial charge in [-0.25, -0.2) is 0 Å². The summed E-state index contributed by atoms with van der Waals surface area (Å²) in [6.07, 6.45) is 5.56. The Morgan fingerprint density at radius 2 is 2.06 bits per heavy atom. The van der Waals surface area contributed by atoms with Gasteiger partial charge in [0.25, 0.3) is 0 Å². The van der Waals surface area contributed by atoms with Gasteiger partial charge in [0.2, 0.25) is 0 Å². The fraction of sp³-hybridized carbons (Fsp3) is 0.600. The fourth-order valence-electron chi connectivity index (χ4n) is 3.11. The van der Waals surface area contributed by atoms with Crippen molar-refractivity contribution in [3.63, 3.8) is 0 Å². The number of hydrogen-bond acceptors (Lipinski definition) is 2. The van der Waals surface area contributed by atoms with Crippen LogP contribution in [-0.4, -0.2) is 20.1 Å². The second kappa shape index (κ2) is 4.69. The highest BCUT2D eigenvalue weighted by Gasteiger charge is 2.27. The second-order valence-electron chi connectivity index (χ2n) is 5.43. The summed E-state index contributed by atoms with van der Waals surface area (Å²) in [4.78, 5) is 2.60. The highest BCUT2D eigenvalue weighted by atomic mass is 15.2. The van der Waals surface area contributed by atoms with E-state index in [2.05, 4.69) is 41.5 Å². The topological polar surface area (TPSA) is 15.3 Å². The predicted molar refractivity (Wildman–Crippen MR) is 72.4 cm³/mol. The Bertz CT molecular complexity index is 384. The normalized spacial score (nSPS) is 24.3. The van der Waals surface area contributed by atoms with Crippen molar-refractivity contribution in [2.24, 2.45) is 5.92 Å². The zero-order valence-corrected chi connectivity index (χ0v) is 10.7. The molecule has 0 bridgehead atoms. The Kier molecular flexibility index (Phi) is 3.06. The van der Waals surface area contributed by atoms with E-state index < -0.39 is 0 Å². The molecule has 0 radical (unpaired) electrons. The maximum atomic E-state index is 3.44. The van der Waals surface area contributed by atoms with Gasteiger partial charge in [-0.2, -0.15) is 0 Å². The molecule has 0 saturated heterocycles. The van der Waals surface area contributed by atoms with Crippen molar-refractivity contribution in [3.8, 4) is 0 Å². The Morgan fingerprint density at radius 1 is 1.24 bits per heavy atom. The maximum Gasteiger partial charge on any atom is 0.0414 e. The number of para-hydroxylation sites is 1. The van der Waals surface area contributed by atoms with Crippen LogP contribution < -0.4 is 10.2 Å². The first-order chi connectivity index (χ1) is 8.38. The SMILES string of the molecule is CNC1CCN(CC2CCC2)c2ccccc21. The number of benzene rings is 1. The third-order valence-electron chi connectivity index (χ3n) is 4.39. The number of fused-ring (bicyclic) bond motifs is 1. The number of anilines is 1. The van der Waals surface area contributed by atoms with Gasteiger partial charge in [0.05, 0.1) is 0 Å². The van der Waals surface area contributed by atoms with Gasteiger partial charge < -0.3 is 10.2 Å². The molecule has 0 aromatic heterocycles. The van der Waals surface area contributed by atoms with Crippen LogP contribution in [0.1, 0.15) is 37.3 Å². The lowest BCUT2D eigenvalue weighted by molar-refractivity contribution is 0.313. The van der Waals surface area contributed by atoms with Crippen LogP contribution in [0.3, 0.4) is 0 Å². The smallest absolute Gasteiger partial charge is 0.0414 e. The summed E-state index contributed by atoms with van der Waals surface area (Å²) in [5.74, 6) is 0.953. The van der Waals surface area contributed by atoms with E-state index in [1.807, 2.05) is 0 Å². The van der Waals surface area contributed by atoms with E-state index in [1.54, 1.807) is 0 Å². The van der Waals surface area contributed by atoms with Gasteiger partial charge >= 0.3 is 0 Å². The van der Waals surface area contributed by atoms with Crippen molar-refractivity contribution in [1.82, 2.24) is 5.32 Å². The summed E-state index contributed by atoms with van der Waals surface area (Å²) in [5.41, 5.74) is 2.95. The largest absolute Gasteiger partial charge is 0.371 e. The summed E-state index contributed by atoms with van der Waals surface area (Å²) in [5, 5.41) is 3.44. The van der Waals surface area contributed by atoms with Crippen molar-refractivity contribution >= 4 is 5.69 Å². The quantitative estimate of drug-likeness (QED) is 0.859. The number of nitrogens with zero attached hydrogens (tertiary/aromatic N) is 1. The molecule has 1 aromatic carbocycles. The lowest BCUT2D eigenvalue weighted by atomic mass is 9.84. The Morgan fingerprint density at radius 3 is 2.76 bits per heavy atom. The summed E-state index contributed by atoms with van der Waals surface area (Å²) >= 11 is 0. The van der Waals surface area contributed by atoms with Crippen LogP contribution in [-0.2, 0) is 0 Å². The molecule has 1 saturated carbocycles. The van der Waals surface area contributed by atoms with Crippen LogP contribution >= 0.6 is 0 Å². The van der Waals surface area contributed by atoms with Crippen LogP contribution in [0.2, 0.25) is 0 Å². The first-order valence-electron chi connectivity index (χ1n) is 6.89. The number of rotatable bonds is 3. The fourth-order valence-corrected chi connectivity index (χ4v) is 3.11. The van der Waals surface area contributed by atoms with Crippen LogP contribution in [0.25, 0.3) is 0 Å². The summed E-state index contributed by atoms with van der Waals surface area (Å²) in [6, 6.07) is 9.45. The van der Waals surface area contributed by atoms with Gasteiger partial charge in [0.1, 0.15) is 0 Å². The molecule has 3 rings (SSSR count). The van der Waals surface area contributed by atoms with Crippen LogP contribution in [0.4, 0.5) is 5.69 Å². The van der Waals surface area contributed by atoms with E-state index in [0.717, 1.165) is 5.92 Å². The molecule has 2 aliphatic rings. The van der Waals surface area contributed by atoms with Crippen LogP contribution in [0, 0.1) is 5.92 Å². The van der Waals surface area contributed by atoms with Crippen molar-refractivity contribution < 1.29 is 0 Å². The molecule has 0 amide bonds. The molecule has 1 unspecified atom stereocenters. The molecule has 2 nitrogen and oxygen atoms in total. The van der Waals surface area contributed by atoms with E-state index in [1.165, 1.54) is 50.0 Å². The third kappa shape index (κ3) is 2.06. The minimum absolute atomic E-state index is 0.545. The molecule has 1 atom stereocenters. The van der Waals surface area contributed by atoms with E-state index in [4.69, 9.17) is 0 Å². The molecule has 1 aromatic rings. The maximum absolute atomic E-state index is 3.44. The van der Waals surface area contributed by atoms with Gasteiger partial charge in [-0.05, 0) is 43.9 Å². The molecule has 2 heteroatoms. The average molecular weight is 230 g/mol. The zero-order valence-electron chi connectivity index (χ0n) is 10.7. The first kappa shape index (κ1) is 11.1. The third-order valence-corrected chi connectivity index (χ3v) is 4.39. The lowest BCUT2D eigenvalue weighted by Gasteiger charge is -2.39. The molecular weight excluding hydrogens is 208 g/mol. The highest BCUT2D eigenvalue weighted by Crippen LogP contribution is 2.36. The predicted octanol–water partition coefficient (Wildman–Crippen LogP) is 2.96. The Hall–Kier alpha value is -1.02. The molecule has 1 aliphatic carbocycles. The van der Waals surface area contributed by atoms with Crippen molar-refractivity contribution in [3.05, 3.63) is 29.8 Å². The Balaban J connectivity index is 1.82. The summed E-state index contributed by atoms with van der Waals surface area (Å²) < 4.78 is 0. The van der Waals surface area contributed by atoms with Crippen LogP contribution in [0.5, 0.6) is 0 Å². The van der Waals surface area contributed by atoms with Crippen molar-refractivity contribution in [2.45, 2.75) is 31.7 Å². The van der Waals surface area contributed by atoms with Gasteiger partial charge in [-0.1, -0.05) is 24.6 Å². The second-order valence-corrected chi connectivity index (χ2v) is 5.43. The minimum Gasteiger partial charge on any atom is -0.371 e. The molecule has 17 heavy (non-hydrogen) atoms. The van der Waals surface area contributed by atoms with Crippen molar-refractivity contribution in [2.75, 3.05) is 25.0 Å². The lowest BCUT2D eigenvalue weighted by Crippen LogP contribution is -2.39. The monoisotopic (exact) mass is 230 g/mol. The van der Waals surface area contributed by atoms with E-state index in [-0.39, 0.29) is 0 Å². The van der Waals surface area contributed by atoms with Crippen LogP contribution in [0.15, 0.2) is 24.3 Å². The molecule has 1 aliphatic heterocycles. The molecule has 0 spiro atoms. The number of nitrogens with one attached hydrogen (secondary N) is 1. The van der Waals surface area contributed by atoms with Gasteiger partial charge in [-0.3, -0.25) is 0 Å². The summed E-state index contributed by atoms with van der Waals surface area (Å²) in [7, 11) is 2.07. The van der Waals surface area contributed by atoms with Gasteiger partial charge in [0, 0.05) is 24.8 Å². The number of hydrogen-bond donors (Lipinski definition) is 1. The highest BCUT2D eigenvalue weighted by molar-refractivity contribution is 5.57. The van der Waals surface area contributed by atoms with E-state index >= 15 is 0 Å².